The summed E-state index contributed by atoms with van der Waals surface area (Å²) in [6, 6.07) is 14.9. The lowest BCUT2D eigenvalue weighted by atomic mass is 9.99. The smallest absolute Gasteiger partial charge is 0.122 e. The fourth-order valence-corrected chi connectivity index (χ4v) is 2.22. The molecule has 2 heteroatoms. The topological polar surface area (TPSA) is 21.3 Å². The van der Waals surface area contributed by atoms with Gasteiger partial charge in [-0.1, -0.05) is 43.7 Å². The molecule has 0 bridgehead atoms. The largest absolute Gasteiger partial charge is 0.496 e. The average Bonchev–Trinajstić information content (AvgIpc) is 2.46. The lowest BCUT2D eigenvalue weighted by molar-refractivity contribution is 0.407. The Labute approximate surface area is 121 Å². The van der Waals surface area contributed by atoms with E-state index >= 15 is 0 Å². The van der Waals surface area contributed by atoms with E-state index in [9.17, 15) is 0 Å². The molecule has 0 saturated heterocycles. The maximum Gasteiger partial charge on any atom is 0.122 e. The molecule has 106 valence electrons. The molecule has 0 spiro atoms. The maximum atomic E-state index is 5.42. The van der Waals surface area contributed by atoms with Crippen molar-refractivity contribution in [3.8, 4) is 5.75 Å². The first kappa shape index (κ1) is 14.4. The van der Waals surface area contributed by atoms with Gasteiger partial charge < -0.3 is 10.1 Å². The third kappa shape index (κ3) is 3.53. The Morgan fingerprint density at radius 2 is 1.75 bits per heavy atom. The van der Waals surface area contributed by atoms with Crippen LogP contribution < -0.4 is 10.1 Å². The van der Waals surface area contributed by atoms with Gasteiger partial charge in [0.2, 0.25) is 0 Å². The molecule has 0 amide bonds. The van der Waals surface area contributed by atoms with Gasteiger partial charge in [-0.15, -0.1) is 0 Å². The highest BCUT2D eigenvalue weighted by atomic mass is 16.5. The van der Waals surface area contributed by atoms with Gasteiger partial charge in [0.1, 0.15) is 5.75 Å². The first-order valence-electron chi connectivity index (χ1n) is 7.07. The van der Waals surface area contributed by atoms with Gasteiger partial charge in [-0.2, -0.15) is 0 Å². The first-order valence-corrected chi connectivity index (χ1v) is 7.07. The first-order chi connectivity index (χ1) is 9.60. The summed E-state index contributed by atoms with van der Waals surface area (Å²) < 4.78 is 5.42. The molecule has 0 unspecified atom stereocenters. The molecule has 0 saturated carbocycles. The third-order valence-corrected chi connectivity index (χ3v) is 3.46. The van der Waals surface area contributed by atoms with E-state index in [4.69, 9.17) is 4.74 Å². The molecule has 0 fully saturated rings. The van der Waals surface area contributed by atoms with Gasteiger partial charge in [-0.25, -0.2) is 0 Å². The van der Waals surface area contributed by atoms with E-state index in [1.165, 1.54) is 16.7 Å². The number of ether oxygens (including phenoxy) is 1. The van der Waals surface area contributed by atoms with Crippen LogP contribution in [0.4, 0.5) is 5.69 Å². The molecule has 2 rings (SSSR count). The van der Waals surface area contributed by atoms with Crippen LogP contribution in [0.25, 0.3) is 0 Å². The summed E-state index contributed by atoms with van der Waals surface area (Å²) in [6.07, 6.45) is 0. The molecule has 0 radical (unpaired) electrons. The van der Waals surface area contributed by atoms with E-state index in [0.29, 0.717) is 5.92 Å². The molecular weight excluding hydrogens is 246 g/mol. The molecular formula is C18H23NO. The minimum atomic E-state index is 0.462. The number of aryl methyl sites for hydroxylation is 1. The van der Waals surface area contributed by atoms with Gasteiger partial charge in [0, 0.05) is 12.2 Å². The summed E-state index contributed by atoms with van der Waals surface area (Å²) in [7, 11) is 1.73. The molecule has 0 aliphatic carbocycles. The molecule has 2 nitrogen and oxygen atoms in total. The summed E-state index contributed by atoms with van der Waals surface area (Å²) in [5, 5.41) is 3.45. The molecule has 0 heterocycles. The number of rotatable bonds is 5. The molecule has 20 heavy (non-hydrogen) atoms. The molecule has 0 atom stereocenters. The van der Waals surface area contributed by atoms with Crippen molar-refractivity contribution in [3.63, 3.8) is 0 Å². The van der Waals surface area contributed by atoms with E-state index in [0.717, 1.165) is 18.0 Å². The Morgan fingerprint density at radius 1 is 1.05 bits per heavy atom. The van der Waals surface area contributed by atoms with Gasteiger partial charge in [0.05, 0.1) is 7.11 Å². The van der Waals surface area contributed by atoms with Crippen molar-refractivity contribution < 1.29 is 4.74 Å². The SMILES string of the molecule is COc1ccc(CNc2ccc(C)cc2)cc1C(C)C. The standard InChI is InChI=1S/C18H23NO/c1-13(2)17-11-15(7-10-18(17)20-4)12-19-16-8-5-14(3)6-9-16/h5-11,13,19H,12H2,1-4H3. The van der Waals surface area contributed by atoms with Crippen LogP contribution in [0.3, 0.4) is 0 Å². The van der Waals surface area contributed by atoms with Crippen molar-refractivity contribution in [2.75, 3.05) is 12.4 Å². The van der Waals surface area contributed by atoms with Crippen molar-refractivity contribution in [3.05, 3.63) is 59.2 Å². The number of anilines is 1. The molecule has 2 aromatic carbocycles. The second kappa shape index (κ2) is 6.47. The van der Waals surface area contributed by atoms with Crippen molar-refractivity contribution >= 4 is 5.69 Å². The molecule has 0 aliphatic rings. The highest BCUT2D eigenvalue weighted by molar-refractivity contribution is 5.46. The van der Waals surface area contributed by atoms with Gasteiger partial charge in [0.25, 0.3) is 0 Å². The zero-order valence-corrected chi connectivity index (χ0v) is 12.7. The van der Waals surface area contributed by atoms with Gasteiger partial charge in [0.15, 0.2) is 0 Å². The minimum Gasteiger partial charge on any atom is -0.496 e. The average molecular weight is 269 g/mol. The van der Waals surface area contributed by atoms with Crippen LogP contribution in [-0.4, -0.2) is 7.11 Å². The van der Waals surface area contributed by atoms with Crippen LogP contribution in [0.2, 0.25) is 0 Å². The number of nitrogens with one attached hydrogen (secondary N) is 1. The summed E-state index contributed by atoms with van der Waals surface area (Å²) in [4.78, 5) is 0. The third-order valence-electron chi connectivity index (χ3n) is 3.46. The van der Waals surface area contributed by atoms with Crippen LogP contribution in [0, 0.1) is 6.92 Å². The van der Waals surface area contributed by atoms with Crippen LogP contribution in [0.1, 0.15) is 36.5 Å². The van der Waals surface area contributed by atoms with E-state index in [1.54, 1.807) is 7.11 Å². The van der Waals surface area contributed by atoms with Crippen molar-refractivity contribution in [2.45, 2.75) is 33.2 Å². The van der Waals surface area contributed by atoms with Crippen LogP contribution in [0.5, 0.6) is 5.75 Å². The summed E-state index contributed by atoms with van der Waals surface area (Å²) in [6.45, 7) is 7.30. The number of hydrogen-bond donors (Lipinski definition) is 1. The van der Waals surface area contributed by atoms with Crippen LogP contribution in [0.15, 0.2) is 42.5 Å². The number of benzene rings is 2. The second-order valence-electron chi connectivity index (χ2n) is 5.45. The van der Waals surface area contributed by atoms with Gasteiger partial charge in [-0.05, 0) is 42.2 Å². The number of hydrogen-bond acceptors (Lipinski definition) is 2. The van der Waals surface area contributed by atoms with E-state index in [-0.39, 0.29) is 0 Å². The summed E-state index contributed by atoms with van der Waals surface area (Å²) in [5.41, 5.74) is 4.96. The van der Waals surface area contributed by atoms with Gasteiger partial charge in [-0.3, -0.25) is 0 Å². The molecule has 2 aromatic rings. The Kier molecular flexibility index (Phi) is 4.67. The zero-order chi connectivity index (χ0) is 14.5. The fourth-order valence-electron chi connectivity index (χ4n) is 2.22. The predicted molar refractivity (Wildman–Crippen MR) is 85.6 cm³/mol. The van der Waals surface area contributed by atoms with Crippen molar-refractivity contribution in [1.29, 1.82) is 0 Å². The Hall–Kier alpha value is -1.96. The maximum absolute atomic E-state index is 5.42. The van der Waals surface area contributed by atoms with E-state index < -0.39 is 0 Å². The van der Waals surface area contributed by atoms with Crippen LogP contribution in [-0.2, 0) is 6.54 Å². The quantitative estimate of drug-likeness (QED) is 0.846. The summed E-state index contributed by atoms with van der Waals surface area (Å²) >= 11 is 0. The Bertz CT molecular complexity index is 558. The fraction of sp³-hybridized carbons (Fsp3) is 0.333. The lowest BCUT2D eigenvalue weighted by Crippen LogP contribution is -2.02. The lowest BCUT2D eigenvalue weighted by Gasteiger charge is -2.14. The van der Waals surface area contributed by atoms with Gasteiger partial charge >= 0.3 is 0 Å². The molecule has 0 aromatic heterocycles. The monoisotopic (exact) mass is 269 g/mol. The van der Waals surface area contributed by atoms with E-state index in [2.05, 4.69) is 68.6 Å². The Balaban J connectivity index is 2.09. The normalized spacial score (nSPS) is 10.7. The minimum absolute atomic E-state index is 0.462. The number of methoxy groups -OCH3 is 1. The van der Waals surface area contributed by atoms with E-state index in [1.807, 2.05) is 0 Å². The Morgan fingerprint density at radius 3 is 2.35 bits per heavy atom. The zero-order valence-electron chi connectivity index (χ0n) is 12.7. The summed E-state index contributed by atoms with van der Waals surface area (Å²) in [5.74, 6) is 1.43. The van der Waals surface area contributed by atoms with Crippen molar-refractivity contribution in [2.24, 2.45) is 0 Å². The highest BCUT2D eigenvalue weighted by Crippen LogP contribution is 2.27. The molecule has 1 N–H and O–H groups in total. The second-order valence-corrected chi connectivity index (χ2v) is 5.45. The molecule has 0 aliphatic heterocycles. The predicted octanol–water partition coefficient (Wildman–Crippen LogP) is 4.74. The van der Waals surface area contributed by atoms with Crippen molar-refractivity contribution in [1.82, 2.24) is 0 Å². The highest BCUT2D eigenvalue weighted by Gasteiger charge is 2.08. The van der Waals surface area contributed by atoms with Crippen LogP contribution >= 0.6 is 0 Å².